The van der Waals surface area contributed by atoms with E-state index in [1.54, 1.807) is 7.11 Å². The van der Waals surface area contributed by atoms with Crippen LogP contribution in [0.4, 0.5) is 0 Å². The molecule has 0 fully saturated rings. The van der Waals surface area contributed by atoms with Gasteiger partial charge in [-0.25, -0.2) is 0 Å². The van der Waals surface area contributed by atoms with Crippen molar-refractivity contribution in [3.8, 4) is 0 Å². The molecule has 0 saturated heterocycles. The Bertz CT molecular complexity index is 150. The average molecular weight is 170 g/mol. The van der Waals surface area contributed by atoms with E-state index < -0.39 is 0 Å². The standard InChI is InChI=1S/C10H18O2/c1-4-5-10(12-3)7-6-9(2)8-11/h6,8,10H,4-5,7H2,1-3H3. The van der Waals surface area contributed by atoms with E-state index in [0.717, 1.165) is 31.1 Å². The summed E-state index contributed by atoms with van der Waals surface area (Å²) in [5, 5.41) is 0. The Morgan fingerprint density at radius 1 is 1.58 bits per heavy atom. The zero-order valence-electron chi connectivity index (χ0n) is 8.17. The zero-order valence-corrected chi connectivity index (χ0v) is 8.17. The van der Waals surface area contributed by atoms with Crippen LogP contribution >= 0.6 is 0 Å². The Kier molecular flexibility index (Phi) is 6.67. The second-order valence-electron chi connectivity index (χ2n) is 2.95. The molecule has 0 spiro atoms. The van der Waals surface area contributed by atoms with Gasteiger partial charge in [-0.2, -0.15) is 0 Å². The van der Waals surface area contributed by atoms with E-state index in [4.69, 9.17) is 4.74 Å². The molecule has 2 heteroatoms. The molecular weight excluding hydrogens is 152 g/mol. The van der Waals surface area contributed by atoms with E-state index in [1.807, 2.05) is 13.0 Å². The highest BCUT2D eigenvalue weighted by Crippen LogP contribution is 2.07. The minimum atomic E-state index is 0.268. The summed E-state index contributed by atoms with van der Waals surface area (Å²) in [4.78, 5) is 10.3. The van der Waals surface area contributed by atoms with Crippen molar-refractivity contribution < 1.29 is 9.53 Å². The van der Waals surface area contributed by atoms with Crippen LogP contribution in [0.2, 0.25) is 0 Å². The topological polar surface area (TPSA) is 26.3 Å². The van der Waals surface area contributed by atoms with Crippen LogP contribution in [0.3, 0.4) is 0 Å². The van der Waals surface area contributed by atoms with Crippen LogP contribution in [0.1, 0.15) is 33.1 Å². The molecule has 0 aliphatic heterocycles. The maximum Gasteiger partial charge on any atom is 0.145 e. The molecule has 0 amide bonds. The minimum absolute atomic E-state index is 0.268. The quantitative estimate of drug-likeness (QED) is 0.452. The van der Waals surface area contributed by atoms with Gasteiger partial charge in [0.15, 0.2) is 0 Å². The van der Waals surface area contributed by atoms with Crippen LogP contribution in [0, 0.1) is 0 Å². The summed E-state index contributed by atoms with van der Waals surface area (Å²) in [5.41, 5.74) is 0.785. The third-order valence-electron chi connectivity index (χ3n) is 1.83. The van der Waals surface area contributed by atoms with Crippen molar-refractivity contribution in [1.29, 1.82) is 0 Å². The summed E-state index contributed by atoms with van der Waals surface area (Å²) >= 11 is 0. The first-order chi connectivity index (χ1) is 5.74. The van der Waals surface area contributed by atoms with Gasteiger partial charge in [0.1, 0.15) is 6.29 Å². The van der Waals surface area contributed by atoms with Crippen LogP contribution in [0.15, 0.2) is 11.6 Å². The van der Waals surface area contributed by atoms with E-state index in [2.05, 4.69) is 6.92 Å². The molecule has 12 heavy (non-hydrogen) atoms. The van der Waals surface area contributed by atoms with Gasteiger partial charge in [0, 0.05) is 7.11 Å². The molecule has 70 valence electrons. The number of methoxy groups -OCH3 is 1. The lowest BCUT2D eigenvalue weighted by molar-refractivity contribution is -0.104. The van der Waals surface area contributed by atoms with Crippen LogP contribution in [0.5, 0.6) is 0 Å². The fourth-order valence-corrected chi connectivity index (χ4v) is 1.02. The fraction of sp³-hybridized carbons (Fsp3) is 0.700. The second kappa shape index (κ2) is 7.04. The smallest absolute Gasteiger partial charge is 0.145 e. The SMILES string of the molecule is CCCC(CC=C(C)C=O)OC. The molecule has 0 radical (unpaired) electrons. The highest BCUT2D eigenvalue weighted by atomic mass is 16.5. The Balaban J connectivity index is 3.77. The summed E-state index contributed by atoms with van der Waals surface area (Å²) in [6.07, 6.45) is 6.08. The predicted molar refractivity (Wildman–Crippen MR) is 50.1 cm³/mol. The third-order valence-corrected chi connectivity index (χ3v) is 1.83. The Hall–Kier alpha value is -0.630. The molecule has 0 heterocycles. The first kappa shape index (κ1) is 11.4. The van der Waals surface area contributed by atoms with Crippen molar-refractivity contribution in [2.75, 3.05) is 7.11 Å². The Morgan fingerprint density at radius 3 is 2.67 bits per heavy atom. The molecule has 0 aliphatic rings. The summed E-state index contributed by atoms with van der Waals surface area (Å²) in [6, 6.07) is 0. The van der Waals surface area contributed by atoms with Crippen molar-refractivity contribution >= 4 is 6.29 Å². The van der Waals surface area contributed by atoms with Crippen molar-refractivity contribution in [2.24, 2.45) is 0 Å². The lowest BCUT2D eigenvalue weighted by Crippen LogP contribution is -2.08. The third kappa shape index (κ3) is 5.08. The first-order valence-electron chi connectivity index (χ1n) is 4.39. The van der Waals surface area contributed by atoms with Crippen molar-refractivity contribution in [1.82, 2.24) is 0 Å². The highest BCUT2D eigenvalue weighted by molar-refractivity contribution is 5.71. The lowest BCUT2D eigenvalue weighted by Gasteiger charge is -2.11. The predicted octanol–water partition coefficient (Wildman–Crippen LogP) is 2.34. The first-order valence-corrected chi connectivity index (χ1v) is 4.39. The van der Waals surface area contributed by atoms with E-state index >= 15 is 0 Å². The molecule has 0 N–H and O–H groups in total. The normalized spacial score (nSPS) is 14.4. The van der Waals surface area contributed by atoms with Gasteiger partial charge in [-0.15, -0.1) is 0 Å². The van der Waals surface area contributed by atoms with Gasteiger partial charge in [0.25, 0.3) is 0 Å². The average Bonchev–Trinajstić information content (AvgIpc) is 2.11. The monoisotopic (exact) mass is 170 g/mol. The van der Waals surface area contributed by atoms with Gasteiger partial charge >= 0.3 is 0 Å². The fourth-order valence-electron chi connectivity index (χ4n) is 1.02. The van der Waals surface area contributed by atoms with E-state index in [1.165, 1.54) is 0 Å². The van der Waals surface area contributed by atoms with Crippen LogP contribution in [0.25, 0.3) is 0 Å². The molecule has 1 unspecified atom stereocenters. The number of carbonyl (C=O) groups excluding carboxylic acids is 1. The maximum atomic E-state index is 10.3. The Labute approximate surface area is 74.6 Å². The van der Waals surface area contributed by atoms with Gasteiger partial charge in [0.05, 0.1) is 6.10 Å². The molecule has 0 aliphatic carbocycles. The van der Waals surface area contributed by atoms with E-state index in [-0.39, 0.29) is 6.10 Å². The van der Waals surface area contributed by atoms with Crippen molar-refractivity contribution in [3.05, 3.63) is 11.6 Å². The maximum absolute atomic E-state index is 10.3. The van der Waals surface area contributed by atoms with Gasteiger partial charge in [-0.05, 0) is 25.3 Å². The molecule has 0 aromatic carbocycles. The molecule has 1 atom stereocenters. The summed E-state index contributed by atoms with van der Waals surface area (Å²) < 4.78 is 5.23. The van der Waals surface area contributed by atoms with Gasteiger partial charge in [-0.1, -0.05) is 19.4 Å². The van der Waals surface area contributed by atoms with Gasteiger partial charge < -0.3 is 4.74 Å². The number of allylic oxidation sites excluding steroid dienone is 1. The zero-order chi connectivity index (χ0) is 9.40. The Morgan fingerprint density at radius 2 is 2.25 bits per heavy atom. The molecule has 0 bridgehead atoms. The number of hydrogen-bond acceptors (Lipinski definition) is 2. The molecule has 2 nitrogen and oxygen atoms in total. The largest absolute Gasteiger partial charge is 0.381 e. The summed E-state index contributed by atoms with van der Waals surface area (Å²) in [7, 11) is 1.71. The van der Waals surface area contributed by atoms with Gasteiger partial charge in [-0.3, -0.25) is 4.79 Å². The summed E-state index contributed by atoms with van der Waals surface area (Å²) in [5.74, 6) is 0. The number of rotatable bonds is 6. The minimum Gasteiger partial charge on any atom is -0.381 e. The van der Waals surface area contributed by atoms with Crippen LogP contribution in [-0.4, -0.2) is 19.5 Å². The molecule has 0 rings (SSSR count). The number of carbonyl (C=O) groups is 1. The van der Waals surface area contributed by atoms with E-state index in [0.29, 0.717) is 0 Å². The van der Waals surface area contributed by atoms with E-state index in [9.17, 15) is 4.79 Å². The summed E-state index contributed by atoms with van der Waals surface area (Å²) in [6.45, 7) is 3.94. The molecule has 0 saturated carbocycles. The second-order valence-corrected chi connectivity index (χ2v) is 2.95. The van der Waals surface area contributed by atoms with Crippen molar-refractivity contribution in [3.63, 3.8) is 0 Å². The van der Waals surface area contributed by atoms with Gasteiger partial charge in [0.2, 0.25) is 0 Å². The lowest BCUT2D eigenvalue weighted by atomic mass is 10.1. The number of hydrogen-bond donors (Lipinski definition) is 0. The molecular formula is C10H18O2. The molecule has 0 aromatic rings. The molecule has 0 aromatic heterocycles. The number of aldehydes is 1. The van der Waals surface area contributed by atoms with Crippen LogP contribution < -0.4 is 0 Å². The number of ether oxygens (including phenoxy) is 1. The van der Waals surface area contributed by atoms with Crippen LogP contribution in [-0.2, 0) is 9.53 Å². The highest BCUT2D eigenvalue weighted by Gasteiger charge is 2.02. The van der Waals surface area contributed by atoms with Crippen molar-refractivity contribution in [2.45, 2.75) is 39.2 Å².